The van der Waals surface area contributed by atoms with Crippen LogP contribution in [0, 0.1) is 116 Å². The molecule has 2 nitrogen and oxygen atoms in total. The lowest BCUT2D eigenvalue weighted by molar-refractivity contribution is -0.128. The summed E-state index contributed by atoms with van der Waals surface area (Å²) in [7, 11) is 0. The molecule has 48 heavy (non-hydrogen) atoms. The van der Waals surface area contributed by atoms with Gasteiger partial charge >= 0.3 is 0 Å². The van der Waals surface area contributed by atoms with E-state index in [1.54, 1.807) is 0 Å². The fraction of sp³-hybridized carbons (Fsp3) is 0.0769. The first-order valence-electron chi connectivity index (χ1n) is 11.5. The zero-order valence-electron chi connectivity index (χ0n) is 21.5. The zero-order valence-corrected chi connectivity index (χ0v) is 21.5. The Hall–Kier alpha value is -4.60. The van der Waals surface area contributed by atoms with Crippen LogP contribution >= 0.6 is 0 Å². The molecule has 0 aliphatic carbocycles. The highest BCUT2D eigenvalue weighted by atomic mass is 19.2. The second kappa shape index (κ2) is 11.5. The van der Waals surface area contributed by atoms with Crippen LogP contribution in [0.5, 0.6) is 0 Å². The van der Waals surface area contributed by atoms with Gasteiger partial charge in [-0.1, -0.05) is 0 Å². The molecule has 0 aromatic heterocycles. The normalized spacial score (nSPS) is 12.4. The molecule has 4 aromatic carbocycles. The van der Waals surface area contributed by atoms with Crippen LogP contribution in [-0.4, -0.2) is 10.2 Å². The lowest BCUT2D eigenvalue weighted by Crippen LogP contribution is -2.56. The molecule has 0 heterocycles. The highest BCUT2D eigenvalue weighted by molar-refractivity contribution is 5.54. The quantitative estimate of drug-likeness (QED) is 0.126. The van der Waals surface area contributed by atoms with E-state index in [1.165, 1.54) is 0 Å². The van der Waals surface area contributed by atoms with Crippen LogP contribution in [0.25, 0.3) is 0 Å². The molecular weight excluding hydrogens is 724 g/mol. The molecular formula is C26H2F20O2. The smallest absolute Gasteiger partial charge is 0.200 e. The standard InChI is InChI=1S/C26H2F20O2/c27-5-1(6(28)14(36)21(43)13(5)35)25(47,2-7(29)15(37)22(44)16(38)8(2)30)26(48,3-9(31)17(39)23(45)18(40)10(3)32)4-11(33)19(41)24(46)20(42)12(4)34/h47-48H. The van der Waals surface area contributed by atoms with Crippen molar-refractivity contribution in [2.24, 2.45) is 0 Å². The fourth-order valence-corrected chi connectivity index (χ4v) is 4.66. The van der Waals surface area contributed by atoms with E-state index in [9.17, 15) is 62.9 Å². The van der Waals surface area contributed by atoms with Crippen LogP contribution in [0.2, 0.25) is 0 Å². The third-order valence-corrected chi connectivity index (χ3v) is 6.81. The predicted octanol–water partition coefficient (Wildman–Crippen LogP) is 7.64. The van der Waals surface area contributed by atoms with Gasteiger partial charge in [0, 0.05) is 0 Å². The Kier molecular flexibility index (Phi) is 8.70. The second-order valence-corrected chi connectivity index (χ2v) is 9.20. The van der Waals surface area contributed by atoms with Gasteiger partial charge in [0.2, 0.25) is 23.3 Å². The van der Waals surface area contributed by atoms with Crippen LogP contribution in [0.3, 0.4) is 0 Å². The summed E-state index contributed by atoms with van der Waals surface area (Å²) in [6, 6.07) is 0. The van der Waals surface area contributed by atoms with Gasteiger partial charge in [-0.2, -0.15) is 0 Å². The van der Waals surface area contributed by atoms with E-state index >= 15 is 35.1 Å². The highest BCUT2D eigenvalue weighted by Gasteiger charge is 2.66. The molecule has 258 valence electrons. The molecule has 4 rings (SSSR count). The minimum atomic E-state index is -6.53. The van der Waals surface area contributed by atoms with Crippen LogP contribution < -0.4 is 0 Å². The van der Waals surface area contributed by atoms with Gasteiger partial charge in [0.05, 0.1) is 22.3 Å². The average molecular weight is 726 g/mol. The number of hydrogen-bond donors (Lipinski definition) is 2. The van der Waals surface area contributed by atoms with Crippen LogP contribution in [-0.2, 0) is 11.2 Å². The molecule has 0 unspecified atom stereocenters. The molecule has 0 amide bonds. The summed E-state index contributed by atoms with van der Waals surface area (Å²) in [6.07, 6.45) is 0. The van der Waals surface area contributed by atoms with Gasteiger partial charge in [-0.05, 0) is 0 Å². The van der Waals surface area contributed by atoms with Gasteiger partial charge in [0.25, 0.3) is 0 Å². The SMILES string of the molecule is OC(c1c(F)c(F)c(F)c(F)c1F)(c1c(F)c(F)c(F)c(F)c1F)C(O)(c1c(F)c(F)c(F)c(F)c1F)c1c(F)c(F)c(F)c(F)c1F. The molecule has 0 spiro atoms. The number of benzene rings is 4. The molecule has 0 saturated heterocycles. The van der Waals surface area contributed by atoms with E-state index in [0.29, 0.717) is 0 Å². The predicted molar refractivity (Wildman–Crippen MR) is 111 cm³/mol. The number of hydrogen-bond acceptors (Lipinski definition) is 2. The molecule has 22 heteroatoms. The topological polar surface area (TPSA) is 40.5 Å². The summed E-state index contributed by atoms with van der Waals surface area (Å²) in [4.78, 5) is 0. The summed E-state index contributed by atoms with van der Waals surface area (Å²) in [6.45, 7) is 0. The largest absolute Gasteiger partial charge is 0.376 e. The molecule has 0 aliphatic rings. The van der Waals surface area contributed by atoms with E-state index in [4.69, 9.17) is 0 Å². The lowest BCUT2D eigenvalue weighted by atomic mass is 9.64. The van der Waals surface area contributed by atoms with Gasteiger partial charge in [0.1, 0.15) is 0 Å². The maximum absolute atomic E-state index is 15.2. The van der Waals surface area contributed by atoms with Crippen molar-refractivity contribution >= 4 is 0 Å². The molecule has 0 bridgehead atoms. The van der Waals surface area contributed by atoms with Gasteiger partial charge in [0.15, 0.2) is 104 Å². The molecule has 0 fully saturated rings. The van der Waals surface area contributed by atoms with E-state index in [1.807, 2.05) is 0 Å². The Morgan fingerprint density at radius 2 is 0.271 bits per heavy atom. The Labute approximate surface area is 248 Å². The summed E-state index contributed by atoms with van der Waals surface area (Å²) in [5, 5.41) is 23.0. The monoisotopic (exact) mass is 726 g/mol. The van der Waals surface area contributed by atoms with E-state index in [0.717, 1.165) is 0 Å². The minimum absolute atomic E-state index is 3.38. The maximum atomic E-state index is 15.2. The van der Waals surface area contributed by atoms with Gasteiger partial charge in [-0.25, -0.2) is 87.8 Å². The maximum Gasteiger partial charge on any atom is 0.200 e. The molecule has 2 N–H and O–H groups in total. The van der Waals surface area contributed by atoms with Crippen LogP contribution in [0.1, 0.15) is 22.3 Å². The van der Waals surface area contributed by atoms with Crippen molar-refractivity contribution in [1.82, 2.24) is 0 Å². The average Bonchev–Trinajstić information content (AvgIpc) is 3.04. The van der Waals surface area contributed by atoms with Gasteiger partial charge < -0.3 is 10.2 Å². The molecule has 0 saturated carbocycles. The van der Waals surface area contributed by atoms with Crippen LogP contribution in [0.4, 0.5) is 87.8 Å². The van der Waals surface area contributed by atoms with Crippen molar-refractivity contribution in [3.8, 4) is 0 Å². The van der Waals surface area contributed by atoms with Crippen molar-refractivity contribution in [3.63, 3.8) is 0 Å². The van der Waals surface area contributed by atoms with Crippen molar-refractivity contribution in [2.45, 2.75) is 11.2 Å². The highest BCUT2D eigenvalue weighted by Crippen LogP contribution is 2.56. The van der Waals surface area contributed by atoms with Crippen molar-refractivity contribution < 1.29 is 98.0 Å². The summed E-state index contributed by atoms with van der Waals surface area (Å²) < 4.78 is 293. The Balaban J connectivity index is 2.61. The summed E-state index contributed by atoms with van der Waals surface area (Å²) in [5.41, 5.74) is -28.2. The van der Waals surface area contributed by atoms with Crippen molar-refractivity contribution in [3.05, 3.63) is 139 Å². The Bertz CT molecular complexity index is 1670. The fourth-order valence-electron chi connectivity index (χ4n) is 4.66. The van der Waals surface area contributed by atoms with E-state index < -0.39 is 150 Å². The first kappa shape index (κ1) is 36.2. The van der Waals surface area contributed by atoms with Crippen molar-refractivity contribution in [2.75, 3.05) is 0 Å². The van der Waals surface area contributed by atoms with Crippen LogP contribution in [0.15, 0.2) is 0 Å². The molecule has 0 radical (unpaired) electrons. The number of aliphatic hydroxyl groups is 2. The zero-order chi connectivity index (χ0) is 36.9. The van der Waals surface area contributed by atoms with E-state index in [-0.39, 0.29) is 0 Å². The minimum Gasteiger partial charge on any atom is -0.376 e. The molecule has 4 aromatic rings. The molecule has 0 aliphatic heterocycles. The first-order valence-corrected chi connectivity index (χ1v) is 11.5. The third-order valence-electron chi connectivity index (χ3n) is 6.81. The first-order chi connectivity index (χ1) is 22.0. The Morgan fingerprint density at radius 1 is 0.188 bits per heavy atom. The second-order valence-electron chi connectivity index (χ2n) is 9.20. The van der Waals surface area contributed by atoms with Gasteiger partial charge in [-0.3, -0.25) is 0 Å². The number of rotatable bonds is 5. The lowest BCUT2D eigenvalue weighted by Gasteiger charge is -2.45. The number of halogens is 20. The summed E-state index contributed by atoms with van der Waals surface area (Å²) >= 11 is 0. The Morgan fingerprint density at radius 3 is 0.375 bits per heavy atom. The van der Waals surface area contributed by atoms with Crippen molar-refractivity contribution in [1.29, 1.82) is 0 Å². The third kappa shape index (κ3) is 4.37. The summed E-state index contributed by atoms with van der Waals surface area (Å²) in [5.74, 6) is -72.8. The van der Waals surface area contributed by atoms with E-state index in [2.05, 4.69) is 0 Å². The molecule has 0 atom stereocenters. The van der Waals surface area contributed by atoms with Gasteiger partial charge in [-0.15, -0.1) is 0 Å².